The van der Waals surface area contributed by atoms with Gasteiger partial charge in [0.2, 0.25) is 5.91 Å². The van der Waals surface area contributed by atoms with E-state index in [0.717, 1.165) is 37.2 Å². The van der Waals surface area contributed by atoms with Crippen molar-refractivity contribution in [2.24, 2.45) is 10.2 Å². The van der Waals surface area contributed by atoms with Gasteiger partial charge in [0.25, 0.3) is 5.69 Å². The second-order valence-corrected chi connectivity index (χ2v) is 9.40. The molecule has 0 unspecified atom stereocenters. The van der Waals surface area contributed by atoms with Gasteiger partial charge in [-0.15, -0.1) is 10.2 Å². The van der Waals surface area contributed by atoms with Crippen LogP contribution in [0.3, 0.4) is 0 Å². The van der Waals surface area contributed by atoms with E-state index in [0.29, 0.717) is 11.4 Å². The molecule has 0 spiro atoms. The molecule has 166 valence electrons. The number of carbonyl (C=O) groups is 1. The van der Waals surface area contributed by atoms with Crippen molar-refractivity contribution in [3.8, 4) is 0 Å². The topological polar surface area (TPSA) is 134 Å². The molecule has 2 aromatic rings. The van der Waals surface area contributed by atoms with Crippen molar-refractivity contribution in [2.75, 3.05) is 29.6 Å². The lowest BCUT2D eigenvalue weighted by Crippen LogP contribution is -2.21. The molecule has 1 N–H and O–H groups in total. The van der Waals surface area contributed by atoms with Gasteiger partial charge in [0, 0.05) is 44.1 Å². The van der Waals surface area contributed by atoms with Gasteiger partial charge in [-0.25, -0.2) is 8.42 Å². The van der Waals surface area contributed by atoms with Crippen LogP contribution in [-0.4, -0.2) is 38.6 Å². The number of nitrogens with zero attached hydrogens (tertiary/aromatic N) is 4. The van der Waals surface area contributed by atoms with Gasteiger partial charge in [-0.1, -0.05) is 0 Å². The summed E-state index contributed by atoms with van der Waals surface area (Å²) < 4.78 is 24.5. The Morgan fingerprint density at radius 3 is 2.35 bits per heavy atom. The number of hydrogen-bond donors (Lipinski definition) is 1. The van der Waals surface area contributed by atoms with Crippen LogP contribution in [0.5, 0.6) is 0 Å². The van der Waals surface area contributed by atoms with E-state index < -0.39 is 20.4 Å². The van der Waals surface area contributed by atoms with Crippen molar-refractivity contribution >= 4 is 60.1 Å². The minimum Gasteiger partial charge on any atom is -0.372 e. The van der Waals surface area contributed by atoms with E-state index in [1.165, 1.54) is 6.92 Å². The van der Waals surface area contributed by atoms with Crippen molar-refractivity contribution in [2.45, 2.75) is 25.7 Å². The molecule has 12 heteroatoms. The van der Waals surface area contributed by atoms with Crippen LogP contribution >= 0.6 is 15.9 Å². The monoisotopic (exact) mass is 511 g/mol. The largest absolute Gasteiger partial charge is 0.372 e. The zero-order valence-corrected chi connectivity index (χ0v) is 19.8. The van der Waals surface area contributed by atoms with Gasteiger partial charge in [0.15, 0.2) is 9.84 Å². The molecule has 0 fully saturated rings. The van der Waals surface area contributed by atoms with Crippen molar-refractivity contribution in [3.63, 3.8) is 0 Å². The predicted octanol–water partition coefficient (Wildman–Crippen LogP) is 4.98. The average Bonchev–Trinajstić information content (AvgIpc) is 2.67. The van der Waals surface area contributed by atoms with Crippen LogP contribution in [-0.2, 0) is 14.6 Å². The Bertz CT molecular complexity index is 1150. The van der Waals surface area contributed by atoms with Gasteiger partial charge in [0.1, 0.15) is 16.3 Å². The first-order chi connectivity index (χ1) is 14.5. The lowest BCUT2D eigenvalue weighted by atomic mass is 10.2. The zero-order chi connectivity index (χ0) is 23.3. The fourth-order valence-corrected chi connectivity index (χ4v) is 4.33. The molecule has 10 nitrogen and oxygen atoms in total. The van der Waals surface area contributed by atoms with Crippen LogP contribution in [0.4, 0.5) is 28.4 Å². The molecule has 0 saturated carbocycles. The SMILES string of the molecule is CCN(CC)c1ccc(N=Nc2c(Br)cc([N+](=O)[O-])cc2S(C)(=O)=O)c(NC(C)=O)c1. The average molecular weight is 512 g/mol. The van der Waals surface area contributed by atoms with E-state index in [4.69, 9.17) is 0 Å². The minimum atomic E-state index is -3.83. The molecule has 0 radical (unpaired) electrons. The first-order valence-corrected chi connectivity index (χ1v) is 11.9. The highest BCUT2D eigenvalue weighted by Gasteiger charge is 2.22. The van der Waals surface area contributed by atoms with Crippen molar-refractivity contribution in [1.29, 1.82) is 0 Å². The summed E-state index contributed by atoms with van der Waals surface area (Å²) in [7, 11) is -3.83. The molecule has 0 aliphatic heterocycles. The number of amides is 1. The third kappa shape index (κ3) is 6.07. The molecule has 1 amide bonds. The Morgan fingerprint density at radius 2 is 1.84 bits per heavy atom. The lowest BCUT2D eigenvalue weighted by Gasteiger charge is -2.22. The molecule has 2 rings (SSSR count). The van der Waals surface area contributed by atoms with Crippen molar-refractivity contribution in [1.82, 2.24) is 0 Å². The van der Waals surface area contributed by atoms with Crippen LogP contribution in [0.25, 0.3) is 0 Å². The second-order valence-electron chi connectivity index (χ2n) is 6.56. The molecule has 0 heterocycles. The van der Waals surface area contributed by atoms with E-state index in [-0.39, 0.29) is 21.0 Å². The van der Waals surface area contributed by atoms with Crippen LogP contribution in [0, 0.1) is 10.1 Å². The van der Waals surface area contributed by atoms with Crippen LogP contribution in [0.1, 0.15) is 20.8 Å². The highest BCUT2D eigenvalue weighted by molar-refractivity contribution is 9.10. The summed E-state index contributed by atoms with van der Waals surface area (Å²) in [5.74, 6) is -0.304. The first kappa shape index (κ1) is 24.4. The van der Waals surface area contributed by atoms with Gasteiger partial charge >= 0.3 is 0 Å². The predicted molar refractivity (Wildman–Crippen MR) is 122 cm³/mol. The summed E-state index contributed by atoms with van der Waals surface area (Å²) in [4.78, 5) is 23.8. The number of nitro benzene ring substituents is 1. The summed E-state index contributed by atoms with van der Waals surface area (Å²) in [6.45, 7) is 6.91. The van der Waals surface area contributed by atoms with Gasteiger partial charge in [-0.05, 0) is 48.0 Å². The molecule has 31 heavy (non-hydrogen) atoms. The third-order valence-corrected chi connectivity index (χ3v) is 6.02. The normalized spacial score (nSPS) is 11.5. The van der Waals surface area contributed by atoms with Crippen molar-refractivity contribution in [3.05, 3.63) is 44.9 Å². The number of non-ortho nitro benzene ring substituents is 1. The number of carbonyl (C=O) groups excluding carboxylic acids is 1. The molecule has 0 aliphatic rings. The highest BCUT2D eigenvalue weighted by atomic mass is 79.9. The van der Waals surface area contributed by atoms with Crippen molar-refractivity contribution < 1.29 is 18.1 Å². The highest BCUT2D eigenvalue weighted by Crippen LogP contribution is 2.39. The number of benzene rings is 2. The van der Waals surface area contributed by atoms with E-state index in [2.05, 4.69) is 36.4 Å². The van der Waals surface area contributed by atoms with Gasteiger partial charge in [0.05, 0.1) is 15.1 Å². The summed E-state index contributed by atoms with van der Waals surface area (Å²) in [6, 6.07) is 7.32. The summed E-state index contributed by atoms with van der Waals surface area (Å²) in [5.41, 5.74) is 1.11. The molecular formula is C19H22BrN5O5S. The maximum absolute atomic E-state index is 12.2. The lowest BCUT2D eigenvalue weighted by molar-refractivity contribution is -0.385. The third-order valence-electron chi connectivity index (χ3n) is 4.30. The Balaban J connectivity index is 2.61. The minimum absolute atomic E-state index is 0.0744. The number of azo groups is 1. The molecule has 0 aliphatic carbocycles. The molecule has 0 bridgehead atoms. The first-order valence-electron chi connectivity index (χ1n) is 9.24. The molecule has 2 aromatic carbocycles. The number of anilines is 2. The fourth-order valence-electron chi connectivity index (χ4n) is 2.84. The fraction of sp³-hybridized carbons (Fsp3) is 0.316. The van der Waals surface area contributed by atoms with Gasteiger partial charge in [-0.2, -0.15) is 0 Å². The van der Waals surface area contributed by atoms with E-state index >= 15 is 0 Å². The smallest absolute Gasteiger partial charge is 0.272 e. The van der Waals surface area contributed by atoms with E-state index in [1.54, 1.807) is 12.1 Å². The van der Waals surface area contributed by atoms with Crippen LogP contribution in [0.2, 0.25) is 0 Å². The maximum atomic E-state index is 12.2. The Labute approximate surface area is 188 Å². The number of halogens is 1. The van der Waals surface area contributed by atoms with E-state index in [1.807, 2.05) is 19.9 Å². The van der Waals surface area contributed by atoms with Crippen LogP contribution < -0.4 is 10.2 Å². The summed E-state index contributed by atoms with van der Waals surface area (Å²) in [5, 5.41) is 22.0. The number of nitro groups is 1. The summed E-state index contributed by atoms with van der Waals surface area (Å²) >= 11 is 3.14. The van der Waals surface area contributed by atoms with Gasteiger partial charge in [-0.3, -0.25) is 14.9 Å². The van der Waals surface area contributed by atoms with Gasteiger partial charge < -0.3 is 10.2 Å². The molecular weight excluding hydrogens is 490 g/mol. The molecule has 0 saturated heterocycles. The van der Waals surface area contributed by atoms with Crippen LogP contribution in [0.15, 0.2) is 49.9 Å². The Hall–Kier alpha value is -2.86. The molecule has 0 aromatic heterocycles. The number of hydrogen-bond acceptors (Lipinski definition) is 8. The quantitative estimate of drug-likeness (QED) is 0.301. The summed E-state index contributed by atoms with van der Waals surface area (Å²) in [6.07, 6.45) is 0.930. The zero-order valence-electron chi connectivity index (χ0n) is 17.4. The molecule has 0 atom stereocenters. The number of rotatable bonds is 8. The second kappa shape index (κ2) is 9.96. The van der Waals surface area contributed by atoms with E-state index in [9.17, 15) is 23.3 Å². The number of nitrogens with one attached hydrogen (secondary N) is 1. The Kier molecular flexibility index (Phi) is 7.85. The number of sulfone groups is 1. The Morgan fingerprint density at radius 1 is 1.19 bits per heavy atom. The standard InChI is InChI=1S/C19H22BrN5O5S/c1-5-24(6-2)13-7-8-16(17(10-13)21-12(3)26)22-23-19-15(20)9-14(25(27)28)11-18(19)31(4,29)30/h7-11H,5-6H2,1-4H3,(H,21,26). The maximum Gasteiger partial charge on any atom is 0.272 e.